The van der Waals surface area contributed by atoms with Gasteiger partial charge in [0.25, 0.3) is 5.91 Å². The third kappa shape index (κ3) is 4.92. The maximum Gasteiger partial charge on any atom is 0.277 e. The van der Waals surface area contributed by atoms with Gasteiger partial charge < -0.3 is 14.9 Å². The summed E-state index contributed by atoms with van der Waals surface area (Å²) in [5.74, 6) is -0.851. The van der Waals surface area contributed by atoms with E-state index in [0.717, 1.165) is 0 Å². The largest absolute Gasteiger partial charge is 0.504 e. The Hall–Kier alpha value is -2.15. The van der Waals surface area contributed by atoms with Crippen LogP contribution in [0.15, 0.2) is 35.4 Å². The molecule has 2 rings (SSSR count). The summed E-state index contributed by atoms with van der Waals surface area (Å²) in [6, 6.07) is 6.91. The van der Waals surface area contributed by atoms with Gasteiger partial charge in [0.2, 0.25) is 0 Å². The molecule has 3 N–H and O–H groups in total. The fraction of sp³-hybridized carbons (Fsp3) is 0.0667. The van der Waals surface area contributed by atoms with Gasteiger partial charge in [-0.1, -0.05) is 34.8 Å². The van der Waals surface area contributed by atoms with Crippen LogP contribution in [0, 0.1) is 0 Å². The fourth-order valence-corrected chi connectivity index (χ4v) is 2.18. The quantitative estimate of drug-likeness (QED) is 0.315. The number of carbonyl (C=O) groups excluding carboxylic acids is 1. The predicted octanol–water partition coefficient (Wildman–Crippen LogP) is 3.59. The summed E-state index contributed by atoms with van der Waals surface area (Å²) >= 11 is 17.6. The summed E-state index contributed by atoms with van der Waals surface area (Å²) in [5, 5.41) is 23.0. The summed E-state index contributed by atoms with van der Waals surface area (Å²) in [6.45, 7) is -0.337. The van der Waals surface area contributed by atoms with Gasteiger partial charge in [-0.3, -0.25) is 4.79 Å². The lowest BCUT2D eigenvalue weighted by Gasteiger charge is -2.08. The number of nitrogens with zero attached hydrogens (tertiary/aromatic N) is 1. The van der Waals surface area contributed by atoms with Crippen LogP contribution in [0.5, 0.6) is 17.2 Å². The number of halogens is 3. The molecule has 0 aliphatic rings. The molecule has 0 bridgehead atoms. The Kier molecular flexibility index (Phi) is 6.14. The molecule has 0 unspecified atom stereocenters. The number of amides is 1. The highest BCUT2D eigenvalue weighted by atomic mass is 35.5. The molecular formula is C15H11Cl3N2O4. The molecule has 0 atom stereocenters. The van der Waals surface area contributed by atoms with Crippen molar-refractivity contribution in [3.05, 3.63) is 51.0 Å². The molecule has 0 fully saturated rings. The lowest BCUT2D eigenvalue weighted by Crippen LogP contribution is -2.24. The zero-order valence-corrected chi connectivity index (χ0v) is 14.2. The third-order valence-corrected chi connectivity index (χ3v) is 3.75. The van der Waals surface area contributed by atoms with Crippen LogP contribution in [0.1, 0.15) is 5.56 Å². The van der Waals surface area contributed by atoms with Crippen LogP contribution >= 0.6 is 34.8 Å². The highest BCUT2D eigenvalue weighted by Crippen LogP contribution is 2.33. The average Bonchev–Trinajstić information content (AvgIpc) is 2.53. The van der Waals surface area contributed by atoms with Crippen LogP contribution in [-0.4, -0.2) is 28.9 Å². The summed E-state index contributed by atoms with van der Waals surface area (Å²) in [7, 11) is 0. The van der Waals surface area contributed by atoms with Crippen LogP contribution in [0.25, 0.3) is 0 Å². The molecule has 2 aromatic carbocycles. The van der Waals surface area contributed by atoms with Gasteiger partial charge in [0.05, 0.1) is 21.3 Å². The van der Waals surface area contributed by atoms with E-state index in [9.17, 15) is 15.0 Å². The van der Waals surface area contributed by atoms with Gasteiger partial charge in [-0.15, -0.1) is 0 Å². The molecule has 0 saturated carbocycles. The van der Waals surface area contributed by atoms with Crippen LogP contribution in [-0.2, 0) is 4.79 Å². The Morgan fingerprint density at radius 1 is 1.08 bits per heavy atom. The molecule has 0 aliphatic heterocycles. The number of rotatable bonds is 5. The second-order valence-corrected chi connectivity index (χ2v) is 5.75. The maximum absolute atomic E-state index is 11.6. The molecule has 0 radical (unpaired) electrons. The third-order valence-electron chi connectivity index (χ3n) is 2.74. The van der Waals surface area contributed by atoms with Crippen LogP contribution < -0.4 is 10.2 Å². The van der Waals surface area contributed by atoms with Crippen molar-refractivity contribution in [2.75, 3.05) is 6.61 Å². The van der Waals surface area contributed by atoms with E-state index in [4.69, 9.17) is 39.5 Å². The molecule has 6 nitrogen and oxygen atoms in total. The van der Waals surface area contributed by atoms with Crippen molar-refractivity contribution in [3.63, 3.8) is 0 Å². The van der Waals surface area contributed by atoms with Crippen LogP contribution in [0.3, 0.4) is 0 Å². The minimum atomic E-state index is -0.531. The number of nitrogens with one attached hydrogen (secondary N) is 1. The van der Waals surface area contributed by atoms with E-state index in [1.165, 1.54) is 36.5 Å². The van der Waals surface area contributed by atoms with Gasteiger partial charge in [0.1, 0.15) is 5.75 Å². The lowest BCUT2D eigenvalue weighted by atomic mass is 10.2. The Morgan fingerprint density at radius 2 is 1.79 bits per heavy atom. The SMILES string of the molecule is O=C(COc1cc(Cl)c(Cl)cc1Cl)N/N=C/c1ccc(O)c(O)c1. The second-order valence-electron chi connectivity index (χ2n) is 4.53. The van der Waals surface area contributed by atoms with Crippen molar-refractivity contribution in [2.24, 2.45) is 5.10 Å². The number of phenolic OH excluding ortho intramolecular Hbond substituents is 2. The monoisotopic (exact) mass is 388 g/mol. The standard InChI is InChI=1S/C15H11Cl3N2O4/c16-9-4-11(18)14(5-10(9)17)24-7-15(23)20-19-6-8-1-2-12(21)13(22)3-8/h1-6,21-22H,7H2,(H,20,23)/b19-6+. The van der Waals surface area contributed by atoms with Crippen molar-refractivity contribution in [1.82, 2.24) is 5.43 Å². The zero-order valence-electron chi connectivity index (χ0n) is 12.0. The van der Waals surface area contributed by atoms with Gasteiger partial charge in [0, 0.05) is 6.07 Å². The van der Waals surface area contributed by atoms with Crippen molar-refractivity contribution in [2.45, 2.75) is 0 Å². The van der Waals surface area contributed by atoms with Gasteiger partial charge in [-0.2, -0.15) is 5.10 Å². The van der Waals surface area contributed by atoms with E-state index in [2.05, 4.69) is 10.5 Å². The minimum absolute atomic E-state index is 0.216. The molecule has 0 aliphatic carbocycles. The normalized spacial score (nSPS) is 10.8. The zero-order chi connectivity index (χ0) is 17.7. The number of hydrogen-bond donors (Lipinski definition) is 3. The van der Waals surface area contributed by atoms with E-state index >= 15 is 0 Å². The first-order chi connectivity index (χ1) is 11.4. The predicted molar refractivity (Wildman–Crippen MR) is 92.5 cm³/mol. The summed E-state index contributed by atoms with van der Waals surface area (Å²) in [4.78, 5) is 11.6. The number of hydrazone groups is 1. The van der Waals surface area contributed by atoms with E-state index in [1.807, 2.05) is 0 Å². The highest BCUT2D eigenvalue weighted by Gasteiger charge is 2.09. The number of carbonyl (C=O) groups is 1. The number of aromatic hydroxyl groups is 2. The van der Waals surface area contributed by atoms with Crippen molar-refractivity contribution >= 4 is 46.9 Å². The molecule has 24 heavy (non-hydrogen) atoms. The second kappa shape index (κ2) is 8.10. The van der Waals surface area contributed by atoms with Crippen LogP contribution in [0.2, 0.25) is 15.1 Å². The summed E-state index contributed by atoms with van der Waals surface area (Å²) < 4.78 is 5.24. The van der Waals surface area contributed by atoms with Gasteiger partial charge >= 0.3 is 0 Å². The molecule has 0 saturated heterocycles. The molecule has 126 valence electrons. The first kappa shape index (κ1) is 18.2. The molecule has 0 aromatic heterocycles. The van der Waals surface area contributed by atoms with Crippen molar-refractivity contribution in [3.8, 4) is 17.2 Å². The number of ether oxygens (including phenoxy) is 1. The Balaban J connectivity index is 1.88. The first-order valence-corrected chi connectivity index (χ1v) is 7.61. The van der Waals surface area contributed by atoms with E-state index in [1.54, 1.807) is 0 Å². The molecule has 1 amide bonds. The Labute approximate surface area is 152 Å². The van der Waals surface area contributed by atoms with Crippen molar-refractivity contribution < 1.29 is 19.7 Å². The van der Waals surface area contributed by atoms with Crippen LogP contribution in [0.4, 0.5) is 0 Å². The first-order valence-electron chi connectivity index (χ1n) is 6.48. The van der Waals surface area contributed by atoms with E-state index < -0.39 is 5.91 Å². The maximum atomic E-state index is 11.6. The lowest BCUT2D eigenvalue weighted by molar-refractivity contribution is -0.123. The molecule has 9 heteroatoms. The topological polar surface area (TPSA) is 91.2 Å². The number of benzene rings is 2. The molecule has 2 aromatic rings. The summed E-state index contributed by atoms with van der Waals surface area (Å²) in [5.41, 5.74) is 2.73. The summed E-state index contributed by atoms with van der Waals surface area (Å²) in [6.07, 6.45) is 1.29. The van der Waals surface area contributed by atoms with Gasteiger partial charge in [-0.05, 0) is 29.8 Å². The smallest absolute Gasteiger partial charge is 0.277 e. The molecule has 0 spiro atoms. The van der Waals surface area contributed by atoms with E-state index in [0.29, 0.717) is 5.56 Å². The minimum Gasteiger partial charge on any atom is -0.504 e. The van der Waals surface area contributed by atoms with Crippen molar-refractivity contribution in [1.29, 1.82) is 0 Å². The number of phenols is 2. The fourth-order valence-electron chi connectivity index (χ4n) is 1.59. The highest BCUT2D eigenvalue weighted by molar-refractivity contribution is 6.43. The Morgan fingerprint density at radius 3 is 2.50 bits per heavy atom. The Bertz CT molecular complexity index is 797. The van der Waals surface area contributed by atoms with E-state index in [-0.39, 0.29) is 38.9 Å². The van der Waals surface area contributed by atoms with Gasteiger partial charge in [0.15, 0.2) is 18.1 Å². The average molecular weight is 390 g/mol. The van der Waals surface area contributed by atoms with Gasteiger partial charge in [-0.25, -0.2) is 5.43 Å². The molecular weight excluding hydrogens is 379 g/mol. The number of hydrogen-bond acceptors (Lipinski definition) is 5. The molecule has 0 heterocycles.